The first kappa shape index (κ1) is 10.4. The van der Waals surface area contributed by atoms with Crippen LogP contribution in [-0.4, -0.2) is 43.8 Å². The van der Waals surface area contributed by atoms with E-state index in [0.717, 1.165) is 45.2 Å². The van der Waals surface area contributed by atoms with E-state index >= 15 is 0 Å². The van der Waals surface area contributed by atoms with Crippen molar-refractivity contribution < 1.29 is 4.74 Å². The maximum atomic E-state index is 5.55. The van der Waals surface area contributed by atoms with Crippen molar-refractivity contribution >= 4 is 0 Å². The molecule has 0 spiro atoms. The fourth-order valence-electron chi connectivity index (χ4n) is 2.23. The van der Waals surface area contributed by atoms with Crippen LogP contribution in [0.2, 0.25) is 0 Å². The Balaban J connectivity index is 1.76. The third-order valence-corrected chi connectivity index (χ3v) is 3.30. The number of ether oxygens (including phenoxy) is 1. The SMILES string of the molecule is NCCCN1CCOCC1CC1CC1. The van der Waals surface area contributed by atoms with Crippen LogP contribution in [0.5, 0.6) is 0 Å². The molecule has 3 nitrogen and oxygen atoms in total. The van der Waals surface area contributed by atoms with Gasteiger partial charge >= 0.3 is 0 Å². The molecule has 3 heteroatoms. The maximum Gasteiger partial charge on any atom is 0.0622 e. The first-order valence-corrected chi connectivity index (χ1v) is 5.92. The molecule has 0 aromatic heterocycles. The first-order valence-electron chi connectivity index (χ1n) is 5.92. The van der Waals surface area contributed by atoms with E-state index in [2.05, 4.69) is 4.90 Å². The summed E-state index contributed by atoms with van der Waals surface area (Å²) in [7, 11) is 0. The van der Waals surface area contributed by atoms with Gasteiger partial charge in [-0.15, -0.1) is 0 Å². The Kier molecular flexibility index (Phi) is 3.79. The number of hydrogen-bond donors (Lipinski definition) is 1. The van der Waals surface area contributed by atoms with E-state index in [-0.39, 0.29) is 0 Å². The Morgan fingerprint density at radius 2 is 2.21 bits per heavy atom. The van der Waals surface area contributed by atoms with E-state index in [4.69, 9.17) is 10.5 Å². The standard InChI is InChI=1S/C11H22N2O/c12-4-1-5-13-6-7-14-9-11(13)8-10-2-3-10/h10-11H,1-9,12H2. The molecule has 2 N–H and O–H groups in total. The van der Waals surface area contributed by atoms with Crippen LogP contribution < -0.4 is 5.73 Å². The summed E-state index contributed by atoms with van der Waals surface area (Å²) in [5.41, 5.74) is 5.55. The fraction of sp³-hybridized carbons (Fsp3) is 1.00. The second kappa shape index (κ2) is 5.10. The Hall–Kier alpha value is -0.120. The van der Waals surface area contributed by atoms with Gasteiger partial charge in [0.25, 0.3) is 0 Å². The molecule has 2 fully saturated rings. The van der Waals surface area contributed by atoms with Gasteiger partial charge in [0.05, 0.1) is 13.2 Å². The van der Waals surface area contributed by atoms with Gasteiger partial charge in [-0.3, -0.25) is 4.90 Å². The third-order valence-electron chi connectivity index (χ3n) is 3.30. The van der Waals surface area contributed by atoms with E-state index in [0.29, 0.717) is 6.04 Å². The molecule has 82 valence electrons. The van der Waals surface area contributed by atoms with Crippen molar-refractivity contribution in [3.05, 3.63) is 0 Å². The van der Waals surface area contributed by atoms with Gasteiger partial charge in [-0.05, 0) is 31.8 Å². The van der Waals surface area contributed by atoms with Gasteiger partial charge in [0, 0.05) is 12.6 Å². The molecule has 0 aromatic rings. The Morgan fingerprint density at radius 1 is 1.36 bits per heavy atom. The van der Waals surface area contributed by atoms with Gasteiger partial charge in [-0.2, -0.15) is 0 Å². The molecule has 1 atom stereocenters. The zero-order valence-electron chi connectivity index (χ0n) is 8.95. The molecule has 0 radical (unpaired) electrons. The zero-order chi connectivity index (χ0) is 9.80. The van der Waals surface area contributed by atoms with Crippen molar-refractivity contribution in [3.8, 4) is 0 Å². The maximum absolute atomic E-state index is 5.55. The molecule has 2 aliphatic rings. The van der Waals surface area contributed by atoms with Gasteiger partial charge in [-0.25, -0.2) is 0 Å². The lowest BCUT2D eigenvalue weighted by molar-refractivity contribution is -0.0123. The minimum absolute atomic E-state index is 0.683. The fourth-order valence-corrected chi connectivity index (χ4v) is 2.23. The van der Waals surface area contributed by atoms with Crippen molar-refractivity contribution in [1.82, 2.24) is 4.90 Å². The summed E-state index contributed by atoms with van der Waals surface area (Å²) in [6, 6.07) is 0.683. The Labute approximate surface area is 86.6 Å². The largest absolute Gasteiger partial charge is 0.378 e. The monoisotopic (exact) mass is 198 g/mol. The van der Waals surface area contributed by atoms with Crippen LogP contribution >= 0.6 is 0 Å². The molecule has 1 aliphatic heterocycles. The van der Waals surface area contributed by atoms with E-state index in [1.165, 1.54) is 19.3 Å². The van der Waals surface area contributed by atoms with Crippen molar-refractivity contribution in [3.63, 3.8) is 0 Å². The smallest absolute Gasteiger partial charge is 0.0622 e. The molecular formula is C11H22N2O. The van der Waals surface area contributed by atoms with Crippen LogP contribution in [0.25, 0.3) is 0 Å². The summed E-state index contributed by atoms with van der Waals surface area (Å²) in [4.78, 5) is 2.58. The quantitative estimate of drug-likeness (QED) is 0.711. The lowest BCUT2D eigenvalue weighted by Crippen LogP contribution is -2.46. The molecule has 2 rings (SSSR count). The van der Waals surface area contributed by atoms with Crippen LogP contribution in [0.4, 0.5) is 0 Å². The minimum Gasteiger partial charge on any atom is -0.378 e. The van der Waals surface area contributed by atoms with E-state index in [1.807, 2.05) is 0 Å². The molecular weight excluding hydrogens is 176 g/mol. The predicted molar refractivity (Wildman–Crippen MR) is 57.2 cm³/mol. The Bertz CT molecular complexity index is 171. The predicted octanol–water partition coefficient (Wildman–Crippen LogP) is 0.836. The topological polar surface area (TPSA) is 38.5 Å². The molecule has 1 saturated carbocycles. The van der Waals surface area contributed by atoms with Crippen LogP contribution in [0.15, 0.2) is 0 Å². The summed E-state index contributed by atoms with van der Waals surface area (Å²) in [6.45, 7) is 4.94. The molecule has 1 aliphatic carbocycles. The minimum atomic E-state index is 0.683. The summed E-state index contributed by atoms with van der Waals surface area (Å²) >= 11 is 0. The van der Waals surface area contributed by atoms with Crippen molar-refractivity contribution in [1.29, 1.82) is 0 Å². The number of nitrogens with zero attached hydrogens (tertiary/aromatic N) is 1. The average molecular weight is 198 g/mol. The number of morpholine rings is 1. The highest BCUT2D eigenvalue weighted by Gasteiger charge is 2.30. The second-order valence-corrected chi connectivity index (χ2v) is 4.59. The Morgan fingerprint density at radius 3 is 2.93 bits per heavy atom. The van der Waals surface area contributed by atoms with Crippen molar-refractivity contribution in [2.24, 2.45) is 11.7 Å². The summed E-state index contributed by atoms with van der Waals surface area (Å²) in [5.74, 6) is 1.00. The van der Waals surface area contributed by atoms with Crippen molar-refractivity contribution in [2.75, 3.05) is 32.8 Å². The van der Waals surface area contributed by atoms with Crippen LogP contribution in [0.1, 0.15) is 25.7 Å². The first-order chi connectivity index (χ1) is 6.90. The van der Waals surface area contributed by atoms with Crippen LogP contribution in [-0.2, 0) is 4.74 Å². The van der Waals surface area contributed by atoms with Crippen molar-refractivity contribution in [2.45, 2.75) is 31.7 Å². The highest BCUT2D eigenvalue weighted by Crippen LogP contribution is 2.35. The highest BCUT2D eigenvalue weighted by atomic mass is 16.5. The number of hydrogen-bond acceptors (Lipinski definition) is 3. The molecule has 0 aromatic carbocycles. The van der Waals surface area contributed by atoms with Gasteiger partial charge in [-0.1, -0.05) is 12.8 Å². The summed E-state index contributed by atoms with van der Waals surface area (Å²) < 4.78 is 5.55. The third kappa shape index (κ3) is 2.94. The van der Waals surface area contributed by atoms with Gasteiger partial charge in [0.2, 0.25) is 0 Å². The lowest BCUT2D eigenvalue weighted by atomic mass is 10.1. The van der Waals surface area contributed by atoms with E-state index < -0.39 is 0 Å². The molecule has 1 unspecified atom stereocenters. The van der Waals surface area contributed by atoms with Crippen LogP contribution in [0.3, 0.4) is 0 Å². The van der Waals surface area contributed by atoms with Gasteiger partial charge < -0.3 is 10.5 Å². The van der Waals surface area contributed by atoms with E-state index in [9.17, 15) is 0 Å². The molecule has 1 heterocycles. The molecule has 14 heavy (non-hydrogen) atoms. The van der Waals surface area contributed by atoms with Gasteiger partial charge in [0.15, 0.2) is 0 Å². The number of nitrogens with two attached hydrogens (primary N) is 1. The summed E-state index contributed by atoms with van der Waals surface area (Å²) in [5, 5.41) is 0. The summed E-state index contributed by atoms with van der Waals surface area (Å²) in [6.07, 6.45) is 5.37. The van der Waals surface area contributed by atoms with Crippen LogP contribution in [0, 0.1) is 5.92 Å². The molecule has 0 bridgehead atoms. The lowest BCUT2D eigenvalue weighted by Gasteiger charge is -2.35. The second-order valence-electron chi connectivity index (χ2n) is 4.59. The molecule has 0 amide bonds. The van der Waals surface area contributed by atoms with E-state index in [1.54, 1.807) is 0 Å². The average Bonchev–Trinajstić information content (AvgIpc) is 3.01. The molecule has 1 saturated heterocycles. The zero-order valence-corrected chi connectivity index (χ0v) is 8.95. The highest BCUT2D eigenvalue weighted by molar-refractivity contribution is 4.83. The van der Waals surface area contributed by atoms with Gasteiger partial charge in [0.1, 0.15) is 0 Å². The number of rotatable bonds is 5. The normalized spacial score (nSPS) is 29.4.